The van der Waals surface area contributed by atoms with Crippen LogP contribution in [0.2, 0.25) is 0 Å². The first kappa shape index (κ1) is 18.3. The van der Waals surface area contributed by atoms with E-state index in [9.17, 15) is 14.9 Å². The Kier molecular flexibility index (Phi) is 5.30. The van der Waals surface area contributed by atoms with E-state index in [-0.39, 0.29) is 18.1 Å². The summed E-state index contributed by atoms with van der Waals surface area (Å²) >= 11 is 0. The Morgan fingerprint density at radius 3 is 2.67 bits per heavy atom. The highest BCUT2D eigenvalue weighted by Gasteiger charge is 2.17. The first-order valence-corrected chi connectivity index (χ1v) is 8.47. The van der Waals surface area contributed by atoms with Gasteiger partial charge in [0.15, 0.2) is 0 Å². The molecule has 3 aromatic rings. The molecule has 0 fully saturated rings. The van der Waals surface area contributed by atoms with Crippen LogP contribution in [0.4, 0.5) is 11.4 Å². The molecule has 1 amide bonds. The van der Waals surface area contributed by atoms with E-state index in [1.807, 2.05) is 31.2 Å². The molecule has 9 nitrogen and oxygen atoms in total. The van der Waals surface area contributed by atoms with E-state index in [2.05, 4.69) is 15.5 Å². The smallest absolute Gasteiger partial charge is 0.306 e. The highest BCUT2D eigenvalue weighted by atomic mass is 16.6. The number of hydrogen-bond donors (Lipinski definition) is 1. The van der Waals surface area contributed by atoms with E-state index < -0.39 is 10.8 Å². The maximum absolute atomic E-state index is 12.4. The molecule has 27 heavy (non-hydrogen) atoms. The molecular formula is C18H20N6O3. The molecule has 1 unspecified atom stereocenters. The number of hydrogen-bond acceptors (Lipinski definition) is 5. The zero-order chi connectivity index (χ0) is 19.4. The van der Waals surface area contributed by atoms with Gasteiger partial charge in [-0.25, -0.2) is 0 Å². The number of amides is 1. The molecule has 0 aliphatic carbocycles. The van der Waals surface area contributed by atoms with Gasteiger partial charge in [0.05, 0.1) is 35.8 Å². The minimum absolute atomic E-state index is 0.0971. The van der Waals surface area contributed by atoms with Crippen LogP contribution in [0.25, 0.3) is 0 Å². The molecule has 0 saturated heterocycles. The zero-order valence-electron chi connectivity index (χ0n) is 15.1. The fourth-order valence-electron chi connectivity index (χ4n) is 2.65. The van der Waals surface area contributed by atoms with Crippen molar-refractivity contribution in [1.29, 1.82) is 0 Å². The summed E-state index contributed by atoms with van der Waals surface area (Å²) in [5.74, 6) is -0.618. The summed E-state index contributed by atoms with van der Waals surface area (Å²) in [6, 6.07) is 8.06. The highest BCUT2D eigenvalue weighted by Crippen LogP contribution is 2.14. The summed E-state index contributed by atoms with van der Waals surface area (Å²) in [5.41, 5.74) is 2.85. The van der Waals surface area contributed by atoms with Gasteiger partial charge in [0, 0.05) is 6.20 Å². The third-order valence-electron chi connectivity index (χ3n) is 4.23. The van der Waals surface area contributed by atoms with Crippen molar-refractivity contribution in [3.05, 3.63) is 70.3 Å². The second-order valence-corrected chi connectivity index (χ2v) is 6.42. The lowest BCUT2D eigenvalue weighted by molar-refractivity contribution is -0.385. The highest BCUT2D eigenvalue weighted by molar-refractivity contribution is 5.91. The largest absolute Gasteiger partial charge is 0.323 e. The van der Waals surface area contributed by atoms with Crippen molar-refractivity contribution < 1.29 is 9.72 Å². The van der Waals surface area contributed by atoms with Gasteiger partial charge in [-0.2, -0.15) is 10.2 Å². The van der Waals surface area contributed by atoms with Crippen LogP contribution in [0.5, 0.6) is 0 Å². The van der Waals surface area contributed by atoms with Gasteiger partial charge in [0.2, 0.25) is 5.91 Å². The van der Waals surface area contributed by atoms with Gasteiger partial charge in [-0.3, -0.25) is 24.3 Å². The SMILES string of the molecule is Cc1ccccc1Cn1cc(NC(=O)C(C)Cn2cc([N+](=O)[O-])cn2)cn1. The van der Waals surface area contributed by atoms with Gasteiger partial charge in [0.1, 0.15) is 12.4 Å². The van der Waals surface area contributed by atoms with Crippen LogP contribution >= 0.6 is 0 Å². The van der Waals surface area contributed by atoms with E-state index in [0.29, 0.717) is 12.2 Å². The molecule has 9 heteroatoms. The third kappa shape index (κ3) is 4.57. The van der Waals surface area contributed by atoms with Gasteiger partial charge in [-0.15, -0.1) is 0 Å². The number of nitrogens with zero attached hydrogens (tertiary/aromatic N) is 5. The molecule has 2 heterocycles. The molecule has 2 aromatic heterocycles. The number of carbonyl (C=O) groups excluding carboxylic acids is 1. The molecule has 140 valence electrons. The summed E-state index contributed by atoms with van der Waals surface area (Å²) in [6.45, 7) is 4.65. The number of nitrogens with one attached hydrogen (secondary N) is 1. The second-order valence-electron chi connectivity index (χ2n) is 6.42. The Bertz CT molecular complexity index is 961. The minimum Gasteiger partial charge on any atom is -0.323 e. The maximum Gasteiger partial charge on any atom is 0.306 e. The zero-order valence-corrected chi connectivity index (χ0v) is 15.1. The third-order valence-corrected chi connectivity index (χ3v) is 4.23. The summed E-state index contributed by atoms with van der Waals surface area (Å²) in [5, 5.41) is 21.7. The van der Waals surface area contributed by atoms with Crippen molar-refractivity contribution in [2.24, 2.45) is 5.92 Å². The fourth-order valence-corrected chi connectivity index (χ4v) is 2.65. The van der Waals surface area contributed by atoms with Gasteiger partial charge in [-0.05, 0) is 18.1 Å². The first-order chi connectivity index (χ1) is 12.9. The van der Waals surface area contributed by atoms with Crippen molar-refractivity contribution in [1.82, 2.24) is 19.6 Å². The number of aromatic nitrogens is 4. The normalized spacial score (nSPS) is 11.9. The van der Waals surface area contributed by atoms with E-state index in [1.165, 1.54) is 22.6 Å². The molecule has 0 bridgehead atoms. The number of carbonyl (C=O) groups is 1. The summed E-state index contributed by atoms with van der Waals surface area (Å²) in [4.78, 5) is 22.5. The average molecular weight is 368 g/mol. The Labute approximate surface area is 155 Å². The molecular weight excluding hydrogens is 348 g/mol. The Morgan fingerprint density at radius 1 is 1.22 bits per heavy atom. The van der Waals surface area contributed by atoms with E-state index >= 15 is 0 Å². The van der Waals surface area contributed by atoms with Crippen LogP contribution in [0, 0.1) is 23.0 Å². The number of rotatable bonds is 7. The number of anilines is 1. The molecule has 1 atom stereocenters. The van der Waals surface area contributed by atoms with Gasteiger partial charge >= 0.3 is 5.69 Å². The van der Waals surface area contributed by atoms with E-state index in [0.717, 1.165) is 5.56 Å². The van der Waals surface area contributed by atoms with Crippen LogP contribution < -0.4 is 5.32 Å². The van der Waals surface area contributed by atoms with E-state index in [1.54, 1.807) is 24.0 Å². The molecule has 0 saturated carbocycles. The fraction of sp³-hybridized carbons (Fsp3) is 0.278. The summed E-state index contributed by atoms with van der Waals surface area (Å²) < 4.78 is 3.16. The number of benzene rings is 1. The Morgan fingerprint density at radius 2 is 1.96 bits per heavy atom. The van der Waals surface area contributed by atoms with Gasteiger partial charge in [0.25, 0.3) is 0 Å². The predicted octanol–water partition coefficient (Wildman–Crippen LogP) is 2.62. The van der Waals surface area contributed by atoms with Crippen molar-refractivity contribution in [3.8, 4) is 0 Å². The monoisotopic (exact) mass is 368 g/mol. The summed E-state index contributed by atoms with van der Waals surface area (Å²) in [7, 11) is 0. The lowest BCUT2D eigenvalue weighted by Gasteiger charge is -2.10. The topological polar surface area (TPSA) is 108 Å². The molecule has 1 aromatic carbocycles. The number of nitro groups is 1. The van der Waals surface area contributed by atoms with Crippen molar-refractivity contribution in [3.63, 3.8) is 0 Å². The lowest BCUT2D eigenvalue weighted by atomic mass is 10.1. The maximum atomic E-state index is 12.4. The van der Waals surface area contributed by atoms with Crippen molar-refractivity contribution >= 4 is 17.3 Å². The molecule has 1 N–H and O–H groups in total. The van der Waals surface area contributed by atoms with Crippen molar-refractivity contribution in [2.75, 3.05) is 5.32 Å². The number of aryl methyl sites for hydroxylation is 1. The molecule has 0 spiro atoms. The second kappa shape index (κ2) is 7.81. The molecule has 0 aliphatic rings. The predicted molar refractivity (Wildman–Crippen MR) is 99.2 cm³/mol. The molecule has 3 rings (SSSR count). The Hall–Kier alpha value is -3.49. The first-order valence-electron chi connectivity index (χ1n) is 8.47. The van der Waals surface area contributed by atoms with Crippen LogP contribution in [-0.2, 0) is 17.9 Å². The van der Waals surface area contributed by atoms with Crippen LogP contribution in [0.15, 0.2) is 49.1 Å². The van der Waals surface area contributed by atoms with E-state index in [4.69, 9.17) is 0 Å². The minimum atomic E-state index is -0.517. The van der Waals surface area contributed by atoms with Gasteiger partial charge < -0.3 is 5.32 Å². The van der Waals surface area contributed by atoms with Crippen LogP contribution in [0.3, 0.4) is 0 Å². The van der Waals surface area contributed by atoms with Crippen LogP contribution in [0.1, 0.15) is 18.1 Å². The average Bonchev–Trinajstić information content (AvgIpc) is 3.26. The standard InChI is InChI=1S/C18H20N6O3/c1-13-5-3-4-6-15(13)10-23-11-16(7-19-23)21-18(25)14(2)9-22-12-17(8-20-22)24(26)27/h3-8,11-12,14H,9-10H2,1-2H3,(H,21,25). The quantitative estimate of drug-likeness (QED) is 0.509. The molecule has 0 aliphatic heterocycles. The Balaban J connectivity index is 1.58. The van der Waals surface area contributed by atoms with Crippen molar-refractivity contribution in [2.45, 2.75) is 26.9 Å². The molecule has 0 radical (unpaired) electrons. The van der Waals surface area contributed by atoms with Crippen LogP contribution in [-0.4, -0.2) is 30.4 Å². The lowest BCUT2D eigenvalue weighted by Crippen LogP contribution is -2.24. The summed E-state index contributed by atoms with van der Waals surface area (Å²) in [6.07, 6.45) is 5.85. The van der Waals surface area contributed by atoms with Gasteiger partial charge in [-0.1, -0.05) is 31.2 Å².